The molecule has 0 unspecified atom stereocenters. The molecule has 3 amide bonds. The number of likely N-dealkylation sites (tertiary alicyclic amines) is 1. The average molecular weight is 406 g/mol. The maximum absolute atomic E-state index is 12.5. The van der Waals surface area contributed by atoms with E-state index in [1.54, 1.807) is 16.7 Å². The molecule has 0 saturated carbocycles. The largest absolute Gasteiger partial charge is 0.324 e. The third-order valence-corrected chi connectivity index (χ3v) is 6.05. The molecule has 1 saturated heterocycles. The second kappa shape index (κ2) is 9.70. The van der Waals surface area contributed by atoms with Crippen molar-refractivity contribution in [3.05, 3.63) is 30.3 Å². The molecule has 0 radical (unpaired) electrons. The number of carbonyl (C=O) groups excluding carboxylic acids is 2. The molecule has 0 spiro atoms. The van der Waals surface area contributed by atoms with Crippen molar-refractivity contribution >= 4 is 46.1 Å². The second-order valence-corrected chi connectivity index (χ2v) is 8.09. The van der Waals surface area contributed by atoms with Crippen LogP contribution in [0.3, 0.4) is 0 Å². The summed E-state index contributed by atoms with van der Waals surface area (Å²) in [5, 5.41) is 7.01. The Morgan fingerprint density at radius 3 is 2.67 bits per heavy atom. The van der Waals surface area contributed by atoms with Crippen LogP contribution in [0, 0.1) is 5.92 Å². The normalized spacial score (nSPS) is 14.8. The molecule has 2 N–H and O–H groups in total. The van der Waals surface area contributed by atoms with Crippen LogP contribution in [-0.4, -0.2) is 45.0 Å². The molecule has 144 valence electrons. The van der Waals surface area contributed by atoms with Crippen molar-refractivity contribution in [2.75, 3.05) is 29.5 Å². The lowest BCUT2D eigenvalue weighted by molar-refractivity contribution is -0.121. The Morgan fingerprint density at radius 2 is 1.96 bits per heavy atom. The number of thioether (sulfide) groups is 1. The van der Waals surface area contributed by atoms with E-state index >= 15 is 0 Å². The molecule has 1 aliphatic heterocycles. The zero-order valence-corrected chi connectivity index (χ0v) is 16.8. The summed E-state index contributed by atoms with van der Waals surface area (Å²) in [6.07, 6.45) is 2.34. The highest BCUT2D eigenvalue weighted by Gasteiger charge is 2.28. The fourth-order valence-corrected chi connectivity index (χ4v) is 4.19. The molecule has 27 heavy (non-hydrogen) atoms. The minimum Gasteiger partial charge on any atom is -0.324 e. The molecule has 3 rings (SSSR count). The van der Waals surface area contributed by atoms with Gasteiger partial charge in [0.2, 0.25) is 16.2 Å². The van der Waals surface area contributed by atoms with Crippen molar-refractivity contribution in [1.82, 2.24) is 14.3 Å². The Hall–Kier alpha value is -2.13. The number of amides is 3. The smallest absolute Gasteiger partial charge is 0.321 e. The molecule has 1 fully saturated rings. The summed E-state index contributed by atoms with van der Waals surface area (Å²) in [4.78, 5) is 30.9. The Kier molecular flexibility index (Phi) is 7.05. The number of nitrogens with zero attached hydrogens (tertiary/aromatic N) is 3. The van der Waals surface area contributed by atoms with Crippen LogP contribution in [0.15, 0.2) is 35.5 Å². The first-order chi connectivity index (χ1) is 13.2. The summed E-state index contributed by atoms with van der Waals surface area (Å²) in [7, 11) is 0. The van der Waals surface area contributed by atoms with Crippen LogP contribution in [0.5, 0.6) is 0 Å². The van der Waals surface area contributed by atoms with Gasteiger partial charge in [-0.25, -0.2) is 4.79 Å². The Labute approximate surface area is 167 Å². The number of hydrogen-bond acceptors (Lipinski definition) is 6. The SMILES string of the molecule is CCCSc1nsc(NC(=O)C2CCN(C(=O)Nc3ccccc3)CC2)n1. The lowest BCUT2D eigenvalue weighted by Crippen LogP contribution is -2.43. The fraction of sp³-hybridized carbons (Fsp3) is 0.444. The van der Waals surface area contributed by atoms with E-state index in [9.17, 15) is 9.59 Å². The first kappa shape index (κ1) is 19.6. The van der Waals surface area contributed by atoms with Crippen molar-refractivity contribution in [2.45, 2.75) is 31.3 Å². The van der Waals surface area contributed by atoms with Gasteiger partial charge in [0.05, 0.1) is 0 Å². The Balaban J connectivity index is 1.45. The van der Waals surface area contributed by atoms with Gasteiger partial charge in [-0.1, -0.05) is 36.9 Å². The highest BCUT2D eigenvalue weighted by molar-refractivity contribution is 7.99. The van der Waals surface area contributed by atoms with E-state index in [1.165, 1.54) is 11.5 Å². The zero-order chi connectivity index (χ0) is 19.1. The third kappa shape index (κ3) is 5.67. The van der Waals surface area contributed by atoms with Gasteiger partial charge in [-0.15, -0.1) is 0 Å². The topological polar surface area (TPSA) is 87.2 Å². The lowest BCUT2D eigenvalue weighted by atomic mass is 9.96. The predicted octanol–water partition coefficient (Wildman–Crippen LogP) is 3.92. The molecule has 0 atom stereocenters. The Bertz CT molecular complexity index is 760. The number of benzene rings is 1. The van der Waals surface area contributed by atoms with Crippen LogP contribution in [0.25, 0.3) is 0 Å². The van der Waals surface area contributed by atoms with E-state index in [2.05, 4.69) is 26.9 Å². The number of hydrogen-bond donors (Lipinski definition) is 2. The zero-order valence-electron chi connectivity index (χ0n) is 15.2. The molecule has 0 bridgehead atoms. The van der Waals surface area contributed by atoms with E-state index in [0.29, 0.717) is 36.2 Å². The van der Waals surface area contributed by atoms with E-state index in [1.807, 2.05) is 30.3 Å². The number of nitrogens with one attached hydrogen (secondary N) is 2. The quantitative estimate of drug-likeness (QED) is 0.711. The standard InChI is InChI=1S/C18H23N5O2S2/c1-2-12-26-17-21-16(27-22-17)20-15(24)13-8-10-23(11-9-13)18(25)19-14-6-4-3-5-7-14/h3-7,13H,2,8-12H2,1H3,(H,19,25)(H,20,21,22,24). The van der Waals surface area contributed by atoms with Crippen LogP contribution in [-0.2, 0) is 4.79 Å². The Morgan fingerprint density at radius 1 is 1.22 bits per heavy atom. The summed E-state index contributed by atoms with van der Waals surface area (Å²) in [5.41, 5.74) is 0.774. The van der Waals surface area contributed by atoms with Crippen molar-refractivity contribution in [3.8, 4) is 0 Å². The number of para-hydroxylation sites is 1. The van der Waals surface area contributed by atoms with Gasteiger partial charge in [-0.3, -0.25) is 4.79 Å². The van der Waals surface area contributed by atoms with E-state index in [-0.39, 0.29) is 17.9 Å². The van der Waals surface area contributed by atoms with Crippen LogP contribution in [0.2, 0.25) is 0 Å². The van der Waals surface area contributed by atoms with E-state index in [4.69, 9.17) is 0 Å². The van der Waals surface area contributed by atoms with Crippen molar-refractivity contribution in [2.24, 2.45) is 5.92 Å². The van der Waals surface area contributed by atoms with Crippen molar-refractivity contribution in [1.29, 1.82) is 0 Å². The molecule has 1 aromatic heterocycles. The van der Waals surface area contributed by atoms with Crippen molar-refractivity contribution < 1.29 is 9.59 Å². The predicted molar refractivity (Wildman–Crippen MR) is 109 cm³/mol. The number of urea groups is 1. The molecule has 1 aromatic carbocycles. The van der Waals surface area contributed by atoms with Crippen molar-refractivity contribution in [3.63, 3.8) is 0 Å². The second-order valence-electron chi connectivity index (χ2n) is 6.28. The van der Waals surface area contributed by atoms with Crippen LogP contribution in [0.4, 0.5) is 15.6 Å². The first-order valence-electron chi connectivity index (χ1n) is 9.04. The monoisotopic (exact) mass is 405 g/mol. The number of rotatable bonds is 6. The molecule has 0 aliphatic carbocycles. The lowest BCUT2D eigenvalue weighted by Gasteiger charge is -2.31. The fourth-order valence-electron chi connectivity index (χ4n) is 2.79. The van der Waals surface area contributed by atoms with Gasteiger partial charge in [0, 0.05) is 42.0 Å². The van der Waals surface area contributed by atoms with Crippen LogP contribution in [0.1, 0.15) is 26.2 Å². The average Bonchev–Trinajstić information content (AvgIpc) is 3.14. The van der Waals surface area contributed by atoms with Gasteiger partial charge in [-0.2, -0.15) is 9.36 Å². The minimum absolute atomic E-state index is 0.0405. The molecule has 1 aliphatic rings. The first-order valence-corrected chi connectivity index (χ1v) is 10.8. The highest BCUT2D eigenvalue weighted by atomic mass is 32.2. The molecule has 2 heterocycles. The molecule has 9 heteroatoms. The van der Waals surface area contributed by atoms with Gasteiger partial charge in [0.15, 0.2) is 0 Å². The van der Waals surface area contributed by atoms with Gasteiger partial charge in [-0.05, 0) is 31.4 Å². The summed E-state index contributed by atoms with van der Waals surface area (Å²) in [5.74, 6) is 0.816. The molecule has 7 nitrogen and oxygen atoms in total. The molecular weight excluding hydrogens is 382 g/mol. The van der Waals surface area contributed by atoms with E-state index < -0.39 is 0 Å². The van der Waals surface area contributed by atoms with Crippen LogP contribution >= 0.6 is 23.3 Å². The number of piperidine rings is 1. The van der Waals surface area contributed by atoms with Gasteiger partial charge in [0.25, 0.3) is 0 Å². The third-order valence-electron chi connectivity index (χ3n) is 4.25. The maximum atomic E-state index is 12.5. The molecule has 2 aromatic rings. The number of aromatic nitrogens is 2. The van der Waals surface area contributed by atoms with Crippen LogP contribution < -0.4 is 10.6 Å². The summed E-state index contributed by atoms with van der Waals surface area (Å²) < 4.78 is 4.24. The molecular formula is C18H23N5O2S2. The van der Waals surface area contributed by atoms with Gasteiger partial charge < -0.3 is 15.5 Å². The number of anilines is 2. The maximum Gasteiger partial charge on any atom is 0.321 e. The highest BCUT2D eigenvalue weighted by Crippen LogP contribution is 2.23. The number of carbonyl (C=O) groups is 2. The minimum atomic E-state index is -0.123. The summed E-state index contributed by atoms with van der Waals surface area (Å²) >= 11 is 2.80. The van der Waals surface area contributed by atoms with E-state index in [0.717, 1.165) is 17.9 Å². The van der Waals surface area contributed by atoms with Gasteiger partial charge in [0.1, 0.15) is 0 Å². The summed E-state index contributed by atoms with van der Waals surface area (Å²) in [6, 6.07) is 9.25. The van der Waals surface area contributed by atoms with Gasteiger partial charge >= 0.3 is 6.03 Å². The summed E-state index contributed by atoms with van der Waals surface area (Å²) in [6.45, 7) is 3.23.